The van der Waals surface area contributed by atoms with Crippen LogP contribution in [0.3, 0.4) is 0 Å². The highest BCUT2D eigenvalue weighted by Gasteiger charge is 2.41. The maximum atomic E-state index is 14.8. The van der Waals surface area contributed by atoms with Gasteiger partial charge in [-0.05, 0) is 43.4 Å². The van der Waals surface area contributed by atoms with Crippen LogP contribution >= 0.6 is 23.2 Å². The summed E-state index contributed by atoms with van der Waals surface area (Å²) in [7, 11) is 0. The number of carbonyl (C=O) groups excluding carboxylic acids is 2. The van der Waals surface area contributed by atoms with Gasteiger partial charge in [-0.15, -0.1) is 0 Å². The highest BCUT2D eigenvalue weighted by atomic mass is 35.5. The third-order valence-electron chi connectivity index (χ3n) is 6.88. The quantitative estimate of drug-likeness (QED) is 0.223. The van der Waals surface area contributed by atoms with Crippen molar-refractivity contribution >= 4 is 57.7 Å². The number of aromatic amines is 1. The number of alkyl halides is 3. The molecule has 2 aromatic carbocycles. The monoisotopic (exact) mass is 601 g/mol. The van der Waals surface area contributed by atoms with Crippen LogP contribution in [0, 0.1) is 17.2 Å². The maximum Gasteiger partial charge on any atom is 0.391 e. The Labute approximate surface area is 238 Å². The van der Waals surface area contributed by atoms with Crippen LogP contribution < -0.4 is 16.0 Å². The van der Waals surface area contributed by atoms with Gasteiger partial charge in [-0.2, -0.15) is 13.2 Å². The normalized spacial score (nSPS) is 18.0. The molecule has 7 nitrogen and oxygen atoms in total. The predicted molar refractivity (Wildman–Crippen MR) is 146 cm³/mol. The molecule has 0 spiro atoms. The van der Waals surface area contributed by atoms with E-state index in [1.165, 1.54) is 6.07 Å². The average Bonchev–Trinajstić information content (AvgIpc) is 3.25. The molecule has 1 saturated carbocycles. The van der Waals surface area contributed by atoms with Crippen LogP contribution in [0.25, 0.3) is 11.0 Å². The smallest absolute Gasteiger partial charge is 0.352 e. The number of benzene rings is 2. The summed E-state index contributed by atoms with van der Waals surface area (Å²) in [6.45, 7) is 5.55. The summed E-state index contributed by atoms with van der Waals surface area (Å²) < 4.78 is 53.6. The number of hydrogen-bond donors (Lipinski definition) is 4. The van der Waals surface area contributed by atoms with E-state index in [1.807, 2.05) is 0 Å². The topological polar surface area (TPSA) is 98.9 Å². The first kappa shape index (κ1) is 29.9. The van der Waals surface area contributed by atoms with Gasteiger partial charge in [0.25, 0.3) is 5.91 Å². The number of rotatable bonds is 6. The highest BCUT2D eigenvalue weighted by Crippen LogP contribution is 2.38. The Kier molecular flexibility index (Phi) is 8.56. The summed E-state index contributed by atoms with van der Waals surface area (Å²) in [6, 6.07) is 5.21. The Morgan fingerprint density at radius 1 is 1.07 bits per heavy atom. The van der Waals surface area contributed by atoms with Gasteiger partial charge >= 0.3 is 6.18 Å². The molecule has 1 heterocycles. The van der Waals surface area contributed by atoms with Gasteiger partial charge in [0.05, 0.1) is 38.2 Å². The van der Waals surface area contributed by atoms with E-state index >= 15 is 0 Å². The lowest BCUT2D eigenvalue weighted by atomic mass is 9.85. The number of H-pyrrole nitrogens is 1. The molecular weight excluding hydrogens is 573 g/mol. The zero-order chi connectivity index (χ0) is 29.4. The first-order chi connectivity index (χ1) is 18.6. The van der Waals surface area contributed by atoms with Gasteiger partial charge in [-0.1, -0.05) is 50.0 Å². The molecule has 216 valence electrons. The zero-order valence-corrected chi connectivity index (χ0v) is 23.5. The lowest BCUT2D eigenvalue weighted by Gasteiger charge is -2.30. The van der Waals surface area contributed by atoms with Gasteiger partial charge in [0, 0.05) is 24.1 Å². The number of aromatic nitrogens is 2. The molecule has 0 radical (unpaired) electrons. The van der Waals surface area contributed by atoms with E-state index in [0.29, 0.717) is 16.8 Å². The summed E-state index contributed by atoms with van der Waals surface area (Å²) in [4.78, 5) is 32.3. The lowest BCUT2D eigenvalue weighted by molar-refractivity contribution is -0.182. The molecule has 1 aliphatic rings. The van der Waals surface area contributed by atoms with Crippen molar-refractivity contribution < 1.29 is 27.2 Å². The van der Waals surface area contributed by atoms with Crippen molar-refractivity contribution in [3.63, 3.8) is 0 Å². The molecule has 1 fully saturated rings. The van der Waals surface area contributed by atoms with Crippen molar-refractivity contribution in [2.24, 2.45) is 11.3 Å². The fourth-order valence-electron chi connectivity index (χ4n) is 4.50. The van der Waals surface area contributed by atoms with Gasteiger partial charge in [-0.25, -0.2) is 9.37 Å². The number of carbonyl (C=O) groups is 2. The number of fused-ring (bicyclic) bond motifs is 1. The molecule has 0 atom stereocenters. The first-order valence-corrected chi connectivity index (χ1v) is 13.5. The molecular formula is C27H29Cl2F4N5O2. The SMILES string of the molecule is CC(C)(C)C(=O)NCc1ccc(Cl)c(Nc2nc3cc(C(=O)N[C@H]4CC[C@H](C(F)(F)F)CC4)c(F)cc3[nH]2)c1Cl. The van der Waals surface area contributed by atoms with Gasteiger partial charge in [0.1, 0.15) is 5.82 Å². The fraction of sp³-hybridized carbons (Fsp3) is 0.444. The van der Waals surface area contributed by atoms with E-state index in [2.05, 4.69) is 25.9 Å². The van der Waals surface area contributed by atoms with Crippen molar-refractivity contribution in [3.05, 3.63) is 51.3 Å². The number of anilines is 2. The van der Waals surface area contributed by atoms with E-state index in [-0.39, 0.29) is 65.2 Å². The molecule has 1 aliphatic carbocycles. The van der Waals surface area contributed by atoms with Crippen molar-refractivity contribution in [3.8, 4) is 0 Å². The molecule has 4 N–H and O–H groups in total. The molecule has 4 rings (SSSR count). The van der Waals surface area contributed by atoms with Crippen molar-refractivity contribution in [1.82, 2.24) is 20.6 Å². The van der Waals surface area contributed by atoms with Crippen molar-refractivity contribution in [1.29, 1.82) is 0 Å². The summed E-state index contributed by atoms with van der Waals surface area (Å²) >= 11 is 12.9. The molecule has 1 aromatic heterocycles. The molecule has 3 aromatic rings. The number of amides is 2. The second-order valence-electron chi connectivity index (χ2n) is 11.0. The first-order valence-electron chi connectivity index (χ1n) is 12.7. The van der Waals surface area contributed by atoms with Gasteiger partial charge in [0.15, 0.2) is 0 Å². The minimum atomic E-state index is -4.25. The van der Waals surface area contributed by atoms with Crippen LogP contribution in [0.15, 0.2) is 24.3 Å². The van der Waals surface area contributed by atoms with Crippen LogP contribution in [-0.2, 0) is 11.3 Å². The van der Waals surface area contributed by atoms with Crippen LogP contribution in [0.4, 0.5) is 29.2 Å². The fourth-order valence-corrected chi connectivity index (χ4v) is 5.03. The second kappa shape index (κ2) is 11.4. The van der Waals surface area contributed by atoms with E-state index in [0.717, 1.165) is 6.07 Å². The molecule has 0 aliphatic heterocycles. The van der Waals surface area contributed by atoms with E-state index in [1.54, 1.807) is 32.9 Å². The largest absolute Gasteiger partial charge is 0.391 e. The second-order valence-corrected chi connectivity index (χ2v) is 11.7. The minimum absolute atomic E-state index is 0.0837. The Morgan fingerprint density at radius 3 is 2.38 bits per heavy atom. The number of hydrogen-bond acceptors (Lipinski definition) is 4. The summed E-state index contributed by atoms with van der Waals surface area (Å²) in [6.07, 6.45) is -4.09. The predicted octanol–water partition coefficient (Wildman–Crippen LogP) is 7.27. The molecule has 2 amide bonds. The maximum absolute atomic E-state index is 14.8. The van der Waals surface area contributed by atoms with Crippen LogP contribution in [-0.4, -0.2) is 34.0 Å². The molecule has 0 unspecified atom stereocenters. The number of halogens is 6. The molecule has 0 saturated heterocycles. The van der Waals surface area contributed by atoms with Crippen molar-refractivity contribution in [2.45, 2.75) is 65.2 Å². The standard InChI is InChI=1S/C27H29Cl2F4N5O2/c1-26(2,3)24(40)34-12-13-4-9-17(28)22(21(13)29)38-25-36-19-10-16(18(30)11-20(19)37-25)23(39)35-15-7-5-14(6-8-15)27(31,32)33/h4,9-11,14-15H,5-8,12H2,1-3H3,(H,34,40)(H,35,39)(H2,36,37,38)/t14-,15-. The van der Waals surface area contributed by atoms with Gasteiger partial charge in [0.2, 0.25) is 11.9 Å². The van der Waals surface area contributed by atoms with E-state index in [9.17, 15) is 27.2 Å². The summed E-state index contributed by atoms with van der Waals surface area (Å²) in [5.41, 5.74) is 0.649. The van der Waals surface area contributed by atoms with Crippen LogP contribution in [0.1, 0.15) is 62.4 Å². The number of nitrogens with one attached hydrogen (secondary N) is 4. The molecule has 40 heavy (non-hydrogen) atoms. The van der Waals surface area contributed by atoms with Crippen LogP contribution in [0.2, 0.25) is 10.0 Å². The third-order valence-corrected chi connectivity index (χ3v) is 7.62. The van der Waals surface area contributed by atoms with E-state index < -0.39 is 35.3 Å². The number of imidazole rings is 1. The van der Waals surface area contributed by atoms with Crippen molar-refractivity contribution in [2.75, 3.05) is 5.32 Å². The zero-order valence-electron chi connectivity index (χ0n) is 22.0. The van der Waals surface area contributed by atoms with Gasteiger partial charge < -0.3 is 20.9 Å². The minimum Gasteiger partial charge on any atom is -0.352 e. The van der Waals surface area contributed by atoms with Gasteiger partial charge in [-0.3, -0.25) is 9.59 Å². The summed E-state index contributed by atoms with van der Waals surface area (Å²) in [5.74, 6) is -2.88. The Morgan fingerprint density at radius 2 is 1.75 bits per heavy atom. The number of nitrogens with zero attached hydrogens (tertiary/aromatic N) is 1. The average molecular weight is 602 g/mol. The Hall–Kier alpha value is -3.05. The third kappa shape index (κ3) is 6.80. The lowest BCUT2D eigenvalue weighted by Crippen LogP contribution is -2.40. The Balaban J connectivity index is 1.48. The molecule has 13 heteroatoms. The summed E-state index contributed by atoms with van der Waals surface area (Å²) in [5, 5.41) is 8.99. The van der Waals surface area contributed by atoms with E-state index in [4.69, 9.17) is 23.2 Å². The highest BCUT2D eigenvalue weighted by molar-refractivity contribution is 6.39. The Bertz CT molecular complexity index is 1430. The van der Waals surface area contributed by atoms with Crippen LogP contribution in [0.5, 0.6) is 0 Å². The molecule has 0 bridgehead atoms.